The fraction of sp³-hybridized carbons (Fsp3) is 0.364. The molecule has 0 bridgehead atoms. The quantitative estimate of drug-likeness (QED) is 0.774. The number of carbonyl (C=O) groups excluding carboxylic acids is 2. The third-order valence-corrected chi connectivity index (χ3v) is 5.71. The van der Waals surface area contributed by atoms with Gasteiger partial charge < -0.3 is 16.0 Å². The average Bonchev–Trinajstić information content (AvgIpc) is 2.72. The van der Waals surface area contributed by atoms with Crippen LogP contribution in [0.5, 0.6) is 0 Å². The van der Waals surface area contributed by atoms with E-state index in [-0.39, 0.29) is 17.4 Å². The molecule has 1 unspecified atom stereocenters. The first-order valence-electron chi connectivity index (χ1n) is 9.60. The number of hydrogen-bond acceptors (Lipinski definition) is 2. The van der Waals surface area contributed by atoms with Gasteiger partial charge in [-0.15, -0.1) is 0 Å². The molecular formula is C22H26ClN3O2. The number of rotatable bonds is 6. The molecule has 2 aromatic rings. The standard InChI is InChI=1S/C22H26ClN3O2/c23-19-9-7-17(8-10-19)15-25-21(28)26-14-4-12-22(16-26,13-11-20(24)27)18-5-2-1-3-6-18/h1-3,5-10H,4,11-16H2,(H2,24,27)(H,25,28). The van der Waals surface area contributed by atoms with Gasteiger partial charge in [0.15, 0.2) is 0 Å². The normalized spacial score (nSPS) is 19.2. The second-order valence-electron chi connectivity index (χ2n) is 7.42. The number of primary amides is 1. The molecule has 2 aromatic carbocycles. The Morgan fingerprint density at radius 2 is 1.82 bits per heavy atom. The Morgan fingerprint density at radius 1 is 1.11 bits per heavy atom. The summed E-state index contributed by atoms with van der Waals surface area (Å²) in [5.74, 6) is -0.306. The van der Waals surface area contributed by atoms with Gasteiger partial charge in [0.05, 0.1) is 0 Å². The Morgan fingerprint density at radius 3 is 2.50 bits per heavy atom. The molecule has 1 heterocycles. The van der Waals surface area contributed by atoms with E-state index in [0.29, 0.717) is 37.5 Å². The van der Waals surface area contributed by atoms with Crippen molar-refractivity contribution in [3.8, 4) is 0 Å². The highest BCUT2D eigenvalue weighted by atomic mass is 35.5. The molecule has 0 spiro atoms. The fourth-order valence-electron chi connectivity index (χ4n) is 3.94. The molecule has 1 aliphatic rings. The van der Waals surface area contributed by atoms with Crippen LogP contribution in [0.25, 0.3) is 0 Å². The van der Waals surface area contributed by atoms with Gasteiger partial charge in [-0.05, 0) is 42.5 Å². The molecule has 28 heavy (non-hydrogen) atoms. The van der Waals surface area contributed by atoms with E-state index in [2.05, 4.69) is 17.4 Å². The molecule has 0 radical (unpaired) electrons. The molecule has 0 saturated carbocycles. The summed E-state index contributed by atoms with van der Waals surface area (Å²) in [7, 11) is 0. The minimum absolute atomic E-state index is 0.0889. The number of nitrogens with two attached hydrogens (primary N) is 1. The number of nitrogens with zero attached hydrogens (tertiary/aromatic N) is 1. The third kappa shape index (κ3) is 5.04. The largest absolute Gasteiger partial charge is 0.370 e. The Bertz CT molecular complexity index is 810. The van der Waals surface area contributed by atoms with Gasteiger partial charge in [-0.1, -0.05) is 54.1 Å². The summed E-state index contributed by atoms with van der Waals surface area (Å²) in [5.41, 5.74) is 7.34. The second kappa shape index (κ2) is 9.11. The van der Waals surface area contributed by atoms with Gasteiger partial charge in [0, 0.05) is 36.5 Å². The highest BCUT2D eigenvalue weighted by Gasteiger charge is 2.38. The van der Waals surface area contributed by atoms with E-state index in [0.717, 1.165) is 24.0 Å². The lowest BCUT2D eigenvalue weighted by Gasteiger charge is -2.43. The van der Waals surface area contributed by atoms with Crippen molar-refractivity contribution < 1.29 is 9.59 Å². The maximum absolute atomic E-state index is 12.8. The minimum atomic E-state index is -0.306. The molecule has 1 aliphatic heterocycles. The van der Waals surface area contributed by atoms with Crippen LogP contribution in [0.2, 0.25) is 5.02 Å². The van der Waals surface area contributed by atoms with Crippen molar-refractivity contribution in [3.05, 3.63) is 70.7 Å². The van der Waals surface area contributed by atoms with Gasteiger partial charge in [0.1, 0.15) is 0 Å². The van der Waals surface area contributed by atoms with Crippen LogP contribution in [-0.2, 0) is 16.8 Å². The first-order valence-corrected chi connectivity index (χ1v) is 9.97. The minimum Gasteiger partial charge on any atom is -0.370 e. The molecule has 1 fully saturated rings. The first kappa shape index (κ1) is 20.2. The Kier molecular flexibility index (Phi) is 6.57. The zero-order valence-corrected chi connectivity index (χ0v) is 16.6. The molecule has 6 heteroatoms. The van der Waals surface area contributed by atoms with Crippen LogP contribution in [0.3, 0.4) is 0 Å². The number of hydrogen-bond donors (Lipinski definition) is 2. The molecule has 5 nitrogen and oxygen atoms in total. The predicted molar refractivity (Wildman–Crippen MR) is 111 cm³/mol. The van der Waals surface area contributed by atoms with Crippen LogP contribution in [0.4, 0.5) is 4.79 Å². The lowest BCUT2D eigenvalue weighted by Crippen LogP contribution is -2.51. The highest BCUT2D eigenvalue weighted by molar-refractivity contribution is 6.30. The number of carbonyl (C=O) groups is 2. The second-order valence-corrected chi connectivity index (χ2v) is 7.86. The van der Waals surface area contributed by atoms with Gasteiger partial charge in [-0.3, -0.25) is 4.79 Å². The number of benzene rings is 2. The lowest BCUT2D eigenvalue weighted by atomic mass is 9.71. The topological polar surface area (TPSA) is 75.4 Å². The van der Waals surface area contributed by atoms with Crippen molar-refractivity contribution in [2.45, 2.75) is 37.6 Å². The van der Waals surface area contributed by atoms with Gasteiger partial charge in [0.2, 0.25) is 5.91 Å². The number of likely N-dealkylation sites (tertiary alicyclic amines) is 1. The third-order valence-electron chi connectivity index (χ3n) is 5.46. The van der Waals surface area contributed by atoms with E-state index in [1.165, 1.54) is 0 Å². The summed E-state index contributed by atoms with van der Waals surface area (Å²) in [5, 5.41) is 3.67. The zero-order chi connectivity index (χ0) is 20.0. The van der Waals surface area contributed by atoms with Crippen LogP contribution in [0.15, 0.2) is 54.6 Å². The first-order chi connectivity index (χ1) is 13.5. The zero-order valence-electron chi connectivity index (χ0n) is 15.9. The van der Waals surface area contributed by atoms with Crippen molar-refractivity contribution in [1.29, 1.82) is 0 Å². The summed E-state index contributed by atoms with van der Waals surface area (Å²) in [6, 6.07) is 17.5. The molecule has 0 aliphatic carbocycles. The fourth-order valence-corrected chi connectivity index (χ4v) is 4.06. The van der Waals surface area contributed by atoms with Crippen molar-refractivity contribution in [1.82, 2.24) is 10.2 Å². The maximum Gasteiger partial charge on any atom is 0.317 e. The SMILES string of the molecule is NC(=O)CCC1(c2ccccc2)CCCN(C(=O)NCc2ccc(Cl)cc2)C1. The predicted octanol–water partition coefficient (Wildman–Crippen LogP) is 3.85. The van der Waals surface area contributed by atoms with E-state index in [1.54, 1.807) is 0 Å². The van der Waals surface area contributed by atoms with E-state index in [1.807, 2.05) is 47.4 Å². The summed E-state index contributed by atoms with van der Waals surface area (Å²) >= 11 is 5.91. The average molecular weight is 400 g/mol. The number of urea groups is 1. The molecule has 1 atom stereocenters. The molecular weight excluding hydrogens is 374 g/mol. The Balaban J connectivity index is 1.70. The van der Waals surface area contributed by atoms with Gasteiger partial charge in [-0.2, -0.15) is 0 Å². The van der Waals surface area contributed by atoms with E-state index in [9.17, 15) is 9.59 Å². The number of amides is 3. The van der Waals surface area contributed by atoms with Crippen molar-refractivity contribution >= 4 is 23.5 Å². The van der Waals surface area contributed by atoms with Crippen LogP contribution in [0.1, 0.15) is 36.8 Å². The Labute approximate surface area is 170 Å². The van der Waals surface area contributed by atoms with Crippen molar-refractivity contribution in [3.63, 3.8) is 0 Å². The van der Waals surface area contributed by atoms with Crippen LogP contribution in [0, 0.1) is 0 Å². The van der Waals surface area contributed by atoms with Gasteiger partial charge in [-0.25, -0.2) is 4.79 Å². The highest BCUT2D eigenvalue weighted by Crippen LogP contribution is 2.38. The molecule has 3 rings (SSSR count). The molecule has 148 valence electrons. The number of nitrogens with one attached hydrogen (secondary N) is 1. The summed E-state index contributed by atoms with van der Waals surface area (Å²) < 4.78 is 0. The van der Waals surface area contributed by atoms with E-state index >= 15 is 0 Å². The number of piperidine rings is 1. The van der Waals surface area contributed by atoms with Crippen LogP contribution < -0.4 is 11.1 Å². The van der Waals surface area contributed by atoms with E-state index in [4.69, 9.17) is 17.3 Å². The van der Waals surface area contributed by atoms with Crippen molar-refractivity contribution in [2.24, 2.45) is 5.73 Å². The van der Waals surface area contributed by atoms with Gasteiger partial charge in [0.25, 0.3) is 0 Å². The Hall–Kier alpha value is -2.53. The van der Waals surface area contributed by atoms with Crippen LogP contribution >= 0.6 is 11.6 Å². The monoisotopic (exact) mass is 399 g/mol. The molecule has 3 N–H and O–H groups in total. The van der Waals surface area contributed by atoms with Gasteiger partial charge >= 0.3 is 6.03 Å². The summed E-state index contributed by atoms with van der Waals surface area (Å²) in [4.78, 5) is 26.1. The summed E-state index contributed by atoms with van der Waals surface area (Å²) in [6.45, 7) is 1.74. The number of halogens is 1. The van der Waals surface area contributed by atoms with Crippen LogP contribution in [-0.4, -0.2) is 29.9 Å². The summed E-state index contributed by atoms with van der Waals surface area (Å²) in [6.07, 6.45) is 2.79. The van der Waals surface area contributed by atoms with E-state index < -0.39 is 0 Å². The smallest absolute Gasteiger partial charge is 0.317 e. The molecule has 3 amide bonds. The maximum atomic E-state index is 12.8. The molecule has 1 saturated heterocycles. The van der Waals surface area contributed by atoms with Crippen molar-refractivity contribution in [2.75, 3.05) is 13.1 Å². The molecule has 0 aromatic heterocycles. The lowest BCUT2D eigenvalue weighted by molar-refractivity contribution is -0.118.